The first kappa shape index (κ1) is 17.6. The third-order valence-corrected chi connectivity index (χ3v) is 6.92. The smallest absolute Gasteiger partial charge is 0.196 e. The molecule has 4 heteroatoms. The SMILES string of the molecule is Oc1[nH]cc2c1c1c(c3c2c2ccccc2n3Cc2ccccn2)-c2ccccc2CC1. The Labute approximate surface area is 184 Å². The number of aromatic amines is 1. The number of hydrogen-bond acceptors (Lipinski definition) is 2. The highest BCUT2D eigenvalue weighted by molar-refractivity contribution is 6.26. The van der Waals surface area contributed by atoms with Crippen LogP contribution >= 0.6 is 0 Å². The minimum Gasteiger partial charge on any atom is -0.494 e. The van der Waals surface area contributed by atoms with E-state index in [1.54, 1.807) is 0 Å². The number of aryl methyl sites for hydroxylation is 2. The van der Waals surface area contributed by atoms with Gasteiger partial charge in [0.2, 0.25) is 0 Å². The van der Waals surface area contributed by atoms with Gasteiger partial charge in [0.25, 0.3) is 0 Å². The fourth-order valence-electron chi connectivity index (χ4n) is 5.62. The highest BCUT2D eigenvalue weighted by Gasteiger charge is 2.28. The molecular weight excluding hydrogens is 394 g/mol. The Morgan fingerprint density at radius 3 is 2.62 bits per heavy atom. The number of rotatable bonds is 2. The van der Waals surface area contributed by atoms with Gasteiger partial charge in [0.05, 0.1) is 17.8 Å². The van der Waals surface area contributed by atoms with Crippen molar-refractivity contribution in [3.8, 4) is 17.0 Å². The van der Waals surface area contributed by atoms with Crippen molar-refractivity contribution in [2.75, 3.05) is 0 Å². The molecule has 3 aromatic heterocycles. The molecule has 3 heterocycles. The van der Waals surface area contributed by atoms with E-state index in [2.05, 4.69) is 69.1 Å². The lowest BCUT2D eigenvalue weighted by Gasteiger charge is -2.23. The second-order valence-corrected chi connectivity index (χ2v) is 8.58. The van der Waals surface area contributed by atoms with Gasteiger partial charge in [-0.05, 0) is 47.7 Å². The summed E-state index contributed by atoms with van der Waals surface area (Å²) < 4.78 is 2.41. The molecule has 0 radical (unpaired) electrons. The highest BCUT2D eigenvalue weighted by Crippen LogP contribution is 2.48. The zero-order chi connectivity index (χ0) is 21.2. The molecule has 0 fully saturated rings. The highest BCUT2D eigenvalue weighted by atomic mass is 16.3. The van der Waals surface area contributed by atoms with Crippen LogP contribution in [0.5, 0.6) is 5.88 Å². The summed E-state index contributed by atoms with van der Waals surface area (Å²) in [6, 6.07) is 23.4. The summed E-state index contributed by atoms with van der Waals surface area (Å²) in [4.78, 5) is 7.72. The van der Waals surface area contributed by atoms with Crippen LogP contribution in [0.15, 0.2) is 79.1 Å². The van der Waals surface area contributed by atoms with Crippen molar-refractivity contribution in [3.63, 3.8) is 0 Å². The quantitative estimate of drug-likeness (QED) is 0.354. The molecule has 4 nitrogen and oxygen atoms in total. The maximum atomic E-state index is 10.8. The minimum atomic E-state index is 0.263. The second-order valence-electron chi connectivity index (χ2n) is 8.58. The van der Waals surface area contributed by atoms with Crippen LogP contribution in [0.25, 0.3) is 43.7 Å². The average Bonchev–Trinajstić information content (AvgIpc) is 3.38. The molecule has 1 aliphatic carbocycles. The third kappa shape index (κ3) is 2.29. The standard InChI is InChI=1S/C28H21N3O/c32-28-26-21-13-12-17-7-1-2-9-19(17)24(21)27-25(22(26)15-30-28)20-10-3-4-11-23(20)31(27)16-18-8-5-6-14-29-18/h1-11,14-15,30,32H,12-13,16H2. The van der Waals surface area contributed by atoms with Gasteiger partial charge in [-0.15, -0.1) is 0 Å². The first-order valence-corrected chi connectivity index (χ1v) is 11.1. The predicted octanol–water partition coefficient (Wildman–Crippen LogP) is 6.19. The van der Waals surface area contributed by atoms with Crippen molar-refractivity contribution in [2.45, 2.75) is 19.4 Å². The van der Waals surface area contributed by atoms with Gasteiger partial charge in [-0.2, -0.15) is 0 Å². The predicted molar refractivity (Wildman–Crippen MR) is 129 cm³/mol. The van der Waals surface area contributed by atoms with Gasteiger partial charge >= 0.3 is 0 Å². The van der Waals surface area contributed by atoms with Gasteiger partial charge in [-0.25, -0.2) is 0 Å². The van der Waals surface area contributed by atoms with Crippen LogP contribution in [0, 0.1) is 0 Å². The monoisotopic (exact) mass is 415 g/mol. The van der Waals surface area contributed by atoms with Crippen LogP contribution in [-0.2, 0) is 19.4 Å². The number of H-pyrrole nitrogens is 1. The summed E-state index contributed by atoms with van der Waals surface area (Å²) in [7, 11) is 0. The van der Waals surface area contributed by atoms with Crippen LogP contribution in [0.4, 0.5) is 0 Å². The Bertz CT molecular complexity index is 1660. The molecule has 0 bridgehead atoms. The van der Waals surface area contributed by atoms with Gasteiger partial charge in [-0.1, -0.05) is 48.5 Å². The van der Waals surface area contributed by atoms with E-state index < -0.39 is 0 Å². The molecule has 0 spiro atoms. The Balaban J connectivity index is 1.72. The van der Waals surface area contributed by atoms with Crippen molar-refractivity contribution >= 4 is 32.6 Å². The number of hydrogen-bond donors (Lipinski definition) is 2. The Morgan fingerprint density at radius 2 is 1.72 bits per heavy atom. The van der Waals surface area contributed by atoms with Crippen molar-refractivity contribution in [1.82, 2.24) is 14.5 Å². The molecule has 6 aromatic rings. The Morgan fingerprint density at radius 1 is 0.875 bits per heavy atom. The number of para-hydroxylation sites is 1. The van der Waals surface area contributed by atoms with Crippen LogP contribution in [0.2, 0.25) is 0 Å². The van der Waals surface area contributed by atoms with Gasteiger partial charge < -0.3 is 14.7 Å². The molecule has 154 valence electrons. The number of aromatic hydroxyl groups is 1. The van der Waals surface area contributed by atoms with E-state index in [-0.39, 0.29) is 5.88 Å². The molecule has 3 aromatic carbocycles. The van der Waals surface area contributed by atoms with E-state index in [0.29, 0.717) is 6.54 Å². The molecule has 0 amide bonds. The molecule has 2 N–H and O–H groups in total. The molecular formula is C28H21N3O. The first-order chi connectivity index (χ1) is 15.8. The minimum absolute atomic E-state index is 0.263. The fourth-order valence-corrected chi connectivity index (χ4v) is 5.62. The molecule has 0 saturated heterocycles. The largest absolute Gasteiger partial charge is 0.494 e. The molecule has 0 saturated carbocycles. The van der Waals surface area contributed by atoms with Crippen molar-refractivity contribution in [3.05, 3.63) is 95.9 Å². The van der Waals surface area contributed by atoms with E-state index in [9.17, 15) is 5.11 Å². The summed E-state index contributed by atoms with van der Waals surface area (Å²) in [5.74, 6) is 0.263. The number of fused-ring (bicyclic) bond motifs is 10. The molecule has 0 atom stereocenters. The summed E-state index contributed by atoms with van der Waals surface area (Å²) in [6.45, 7) is 0.696. The Kier molecular flexibility index (Phi) is 3.56. The van der Waals surface area contributed by atoms with Crippen molar-refractivity contribution < 1.29 is 5.11 Å². The molecule has 0 unspecified atom stereocenters. The first-order valence-electron chi connectivity index (χ1n) is 11.1. The zero-order valence-corrected chi connectivity index (χ0v) is 17.5. The topological polar surface area (TPSA) is 53.8 Å². The molecule has 7 rings (SSSR count). The van der Waals surface area contributed by atoms with E-state index >= 15 is 0 Å². The lowest BCUT2D eigenvalue weighted by Crippen LogP contribution is -2.08. The van der Waals surface area contributed by atoms with E-state index in [1.165, 1.54) is 44.1 Å². The number of pyridine rings is 1. The van der Waals surface area contributed by atoms with E-state index in [4.69, 9.17) is 0 Å². The van der Waals surface area contributed by atoms with Gasteiger partial charge in [-0.3, -0.25) is 4.98 Å². The zero-order valence-electron chi connectivity index (χ0n) is 17.5. The Hall–Kier alpha value is -4.05. The normalized spacial score (nSPS) is 13.0. The second kappa shape index (κ2) is 6.47. The van der Waals surface area contributed by atoms with Crippen LogP contribution < -0.4 is 0 Å². The van der Waals surface area contributed by atoms with Gasteiger partial charge in [0, 0.05) is 45.0 Å². The van der Waals surface area contributed by atoms with Crippen LogP contribution in [0.3, 0.4) is 0 Å². The van der Waals surface area contributed by atoms with E-state index in [0.717, 1.165) is 29.3 Å². The van der Waals surface area contributed by atoms with Crippen molar-refractivity contribution in [2.24, 2.45) is 0 Å². The average molecular weight is 415 g/mol. The fraction of sp³-hybridized carbons (Fsp3) is 0.107. The maximum Gasteiger partial charge on any atom is 0.196 e. The summed E-state index contributed by atoms with van der Waals surface area (Å²) in [6.07, 6.45) is 5.71. The number of benzene rings is 3. The molecule has 1 aliphatic rings. The van der Waals surface area contributed by atoms with Gasteiger partial charge in [0.1, 0.15) is 0 Å². The summed E-state index contributed by atoms with van der Waals surface area (Å²) >= 11 is 0. The lowest BCUT2D eigenvalue weighted by atomic mass is 9.82. The molecule has 0 aliphatic heterocycles. The third-order valence-electron chi connectivity index (χ3n) is 6.92. The number of nitrogens with one attached hydrogen (secondary N) is 1. The van der Waals surface area contributed by atoms with E-state index in [1.807, 2.05) is 24.5 Å². The van der Waals surface area contributed by atoms with Crippen LogP contribution in [0.1, 0.15) is 16.8 Å². The van der Waals surface area contributed by atoms with Crippen molar-refractivity contribution in [1.29, 1.82) is 0 Å². The summed E-state index contributed by atoms with van der Waals surface area (Å²) in [5.41, 5.74) is 8.56. The summed E-state index contributed by atoms with van der Waals surface area (Å²) in [5, 5.41) is 15.3. The number of nitrogens with zero attached hydrogens (tertiary/aromatic N) is 2. The number of aromatic nitrogens is 3. The van der Waals surface area contributed by atoms with Gasteiger partial charge in [0.15, 0.2) is 5.88 Å². The molecule has 32 heavy (non-hydrogen) atoms. The lowest BCUT2D eigenvalue weighted by molar-refractivity contribution is 0.462. The van der Waals surface area contributed by atoms with Crippen LogP contribution in [-0.4, -0.2) is 19.6 Å². The maximum absolute atomic E-state index is 10.8.